The summed E-state index contributed by atoms with van der Waals surface area (Å²) in [5.41, 5.74) is 7.95. The van der Waals surface area contributed by atoms with E-state index in [-0.39, 0.29) is 6.54 Å². The van der Waals surface area contributed by atoms with Crippen LogP contribution in [0.5, 0.6) is 0 Å². The average molecular weight is 260 g/mol. The van der Waals surface area contributed by atoms with Crippen LogP contribution < -0.4 is 5.73 Å². The number of alkyl halides is 3. The predicted molar refractivity (Wildman–Crippen MR) is 66.3 cm³/mol. The Morgan fingerprint density at radius 1 is 1.22 bits per heavy atom. The fourth-order valence-electron chi connectivity index (χ4n) is 1.81. The van der Waals surface area contributed by atoms with Gasteiger partial charge in [0.2, 0.25) is 0 Å². The van der Waals surface area contributed by atoms with Gasteiger partial charge in [-0.25, -0.2) is 0 Å². The zero-order chi connectivity index (χ0) is 13.8. The van der Waals surface area contributed by atoms with Crippen LogP contribution >= 0.6 is 0 Å². The highest BCUT2D eigenvalue weighted by Crippen LogP contribution is 2.18. The normalized spacial score (nSPS) is 13.9. The van der Waals surface area contributed by atoms with Gasteiger partial charge < -0.3 is 5.73 Å². The summed E-state index contributed by atoms with van der Waals surface area (Å²) in [6.07, 6.45) is -3.25. The smallest absolute Gasteiger partial charge is 0.323 e. The zero-order valence-electron chi connectivity index (χ0n) is 10.7. The number of halogens is 3. The third-order valence-corrected chi connectivity index (χ3v) is 2.77. The van der Waals surface area contributed by atoms with Crippen molar-refractivity contribution < 1.29 is 13.2 Å². The topological polar surface area (TPSA) is 29.3 Å². The minimum absolute atomic E-state index is 0.185. The molecule has 2 nitrogen and oxygen atoms in total. The molecule has 1 atom stereocenters. The summed E-state index contributed by atoms with van der Waals surface area (Å²) >= 11 is 0. The minimum atomic E-state index is -4.18. The van der Waals surface area contributed by atoms with E-state index < -0.39 is 18.8 Å². The number of aryl methyl sites for hydroxylation is 1. The maximum Gasteiger partial charge on any atom is 0.401 e. The minimum Gasteiger partial charge on any atom is -0.323 e. The molecule has 0 fully saturated rings. The summed E-state index contributed by atoms with van der Waals surface area (Å²) in [6.45, 7) is 1.30. The maximum absolute atomic E-state index is 12.2. The van der Waals surface area contributed by atoms with E-state index in [1.165, 1.54) is 17.5 Å². The predicted octanol–water partition coefficient (Wildman–Crippen LogP) is 2.74. The first-order valence-electron chi connectivity index (χ1n) is 5.91. The summed E-state index contributed by atoms with van der Waals surface area (Å²) < 4.78 is 36.5. The second-order valence-electron chi connectivity index (χ2n) is 4.51. The lowest BCUT2D eigenvalue weighted by Gasteiger charge is -2.22. The molecule has 0 bridgehead atoms. The van der Waals surface area contributed by atoms with E-state index in [0.717, 1.165) is 12.0 Å². The molecule has 0 radical (unpaired) electrons. The van der Waals surface area contributed by atoms with Crippen molar-refractivity contribution in [3.63, 3.8) is 0 Å². The van der Waals surface area contributed by atoms with E-state index in [0.29, 0.717) is 0 Å². The highest BCUT2D eigenvalue weighted by Gasteiger charge is 2.29. The molecule has 1 rings (SSSR count). The molecule has 0 aromatic heterocycles. The highest BCUT2D eigenvalue weighted by atomic mass is 19.4. The van der Waals surface area contributed by atoms with Crippen molar-refractivity contribution in [2.24, 2.45) is 5.73 Å². The number of nitrogens with two attached hydrogens (primary N) is 1. The molecule has 0 aliphatic heterocycles. The van der Waals surface area contributed by atoms with E-state index in [4.69, 9.17) is 5.73 Å². The van der Waals surface area contributed by atoms with E-state index in [1.807, 2.05) is 31.2 Å². The molecule has 0 saturated heterocycles. The van der Waals surface area contributed by atoms with Gasteiger partial charge in [-0.1, -0.05) is 31.2 Å². The van der Waals surface area contributed by atoms with Gasteiger partial charge in [-0.2, -0.15) is 13.2 Å². The monoisotopic (exact) mass is 260 g/mol. The third kappa shape index (κ3) is 5.06. The molecule has 1 aromatic rings. The Morgan fingerprint density at radius 3 is 2.22 bits per heavy atom. The molecule has 102 valence electrons. The van der Waals surface area contributed by atoms with Crippen LogP contribution in [-0.4, -0.2) is 31.2 Å². The lowest BCUT2D eigenvalue weighted by atomic mass is 10.0. The summed E-state index contributed by atoms with van der Waals surface area (Å²) in [5.74, 6) is 0. The molecule has 0 aliphatic rings. The van der Waals surface area contributed by atoms with Crippen molar-refractivity contribution in [2.75, 3.05) is 20.1 Å². The lowest BCUT2D eigenvalue weighted by Crippen LogP contribution is -2.36. The van der Waals surface area contributed by atoms with E-state index in [1.54, 1.807) is 0 Å². The first-order chi connectivity index (χ1) is 8.31. The molecular weight excluding hydrogens is 241 g/mol. The van der Waals surface area contributed by atoms with Gasteiger partial charge in [0.25, 0.3) is 0 Å². The second kappa shape index (κ2) is 6.20. The number of benzene rings is 1. The van der Waals surface area contributed by atoms with Crippen LogP contribution in [0.3, 0.4) is 0 Å². The first-order valence-corrected chi connectivity index (χ1v) is 5.91. The first kappa shape index (κ1) is 15.0. The van der Waals surface area contributed by atoms with Crippen LogP contribution in [0.1, 0.15) is 24.1 Å². The summed E-state index contributed by atoms with van der Waals surface area (Å²) in [5, 5.41) is 0. The Labute approximate surface area is 106 Å². The van der Waals surface area contributed by atoms with Gasteiger partial charge in [0.15, 0.2) is 0 Å². The summed E-state index contributed by atoms with van der Waals surface area (Å²) in [6, 6.07) is 7.27. The molecule has 0 saturated carbocycles. The molecule has 5 heteroatoms. The Morgan fingerprint density at radius 2 is 1.78 bits per heavy atom. The Bertz CT molecular complexity index is 359. The fourth-order valence-corrected chi connectivity index (χ4v) is 1.81. The van der Waals surface area contributed by atoms with Crippen LogP contribution in [-0.2, 0) is 6.42 Å². The van der Waals surface area contributed by atoms with Crippen LogP contribution in [0.2, 0.25) is 0 Å². The van der Waals surface area contributed by atoms with Gasteiger partial charge in [0.05, 0.1) is 6.54 Å². The van der Waals surface area contributed by atoms with Crippen LogP contribution in [0, 0.1) is 0 Å². The Hall–Kier alpha value is -1.07. The van der Waals surface area contributed by atoms with E-state index in [9.17, 15) is 13.2 Å². The standard InChI is InChI=1S/C13H19F3N2/c1-3-10-4-6-11(7-5-10)12(17)8-18(2)9-13(14,15)16/h4-7,12H,3,8-9,17H2,1-2H3. The lowest BCUT2D eigenvalue weighted by molar-refractivity contribution is -0.143. The van der Waals surface area contributed by atoms with Gasteiger partial charge in [-0.05, 0) is 24.6 Å². The van der Waals surface area contributed by atoms with E-state index in [2.05, 4.69) is 0 Å². The van der Waals surface area contributed by atoms with Crippen LogP contribution in [0.4, 0.5) is 13.2 Å². The van der Waals surface area contributed by atoms with Crippen LogP contribution in [0.25, 0.3) is 0 Å². The van der Waals surface area contributed by atoms with Crippen LogP contribution in [0.15, 0.2) is 24.3 Å². The molecule has 2 N–H and O–H groups in total. The number of likely N-dealkylation sites (N-methyl/N-ethyl adjacent to an activating group) is 1. The third-order valence-electron chi connectivity index (χ3n) is 2.77. The molecule has 18 heavy (non-hydrogen) atoms. The Balaban J connectivity index is 2.56. The molecule has 0 aliphatic carbocycles. The fraction of sp³-hybridized carbons (Fsp3) is 0.538. The molecule has 1 aromatic carbocycles. The molecule has 0 heterocycles. The number of rotatable bonds is 5. The van der Waals surface area contributed by atoms with Crippen molar-refractivity contribution in [1.29, 1.82) is 0 Å². The molecular formula is C13H19F3N2. The van der Waals surface area contributed by atoms with Gasteiger partial charge >= 0.3 is 6.18 Å². The van der Waals surface area contributed by atoms with Crippen molar-refractivity contribution in [3.05, 3.63) is 35.4 Å². The quantitative estimate of drug-likeness (QED) is 0.882. The van der Waals surface area contributed by atoms with Crippen molar-refractivity contribution in [1.82, 2.24) is 4.90 Å². The van der Waals surface area contributed by atoms with E-state index >= 15 is 0 Å². The number of hydrogen-bond donors (Lipinski definition) is 1. The number of nitrogens with zero attached hydrogens (tertiary/aromatic N) is 1. The zero-order valence-corrected chi connectivity index (χ0v) is 10.7. The SMILES string of the molecule is CCc1ccc(C(N)CN(C)CC(F)(F)F)cc1. The maximum atomic E-state index is 12.2. The van der Waals surface area contributed by atoms with Gasteiger partial charge in [0.1, 0.15) is 0 Å². The van der Waals surface area contributed by atoms with Crippen molar-refractivity contribution in [3.8, 4) is 0 Å². The van der Waals surface area contributed by atoms with Gasteiger partial charge in [-0.15, -0.1) is 0 Å². The molecule has 1 unspecified atom stereocenters. The number of hydrogen-bond acceptors (Lipinski definition) is 2. The largest absolute Gasteiger partial charge is 0.401 e. The summed E-state index contributed by atoms with van der Waals surface area (Å²) in [7, 11) is 1.42. The summed E-state index contributed by atoms with van der Waals surface area (Å²) in [4.78, 5) is 1.19. The van der Waals surface area contributed by atoms with Gasteiger partial charge in [-0.3, -0.25) is 4.90 Å². The molecule has 0 amide bonds. The highest BCUT2D eigenvalue weighted by molar-refractivity contribution is 5.25. The average Bonchev–Trinajstić information content (AvgIpc) is 2.26. The van der Waals surface area contributed by atoms with Crippen molar-refractivity contribution >= 4 is 0 Å². The Kier molecular flexibility index (Phi) is 5.16. The second-order valence-corrected chi connectivity index (χ2v) is 4.51. The van der Waals surface area contributed by atoms with Gasteiger partial charge in [0, 0.05) is 12.6 Å². The molecule has 0 spiro atoms. The van der Waals surface area contributed by atoms with Crippen molar-refractivity contribution in [2.45, 2.75) is 25.6 Å².